The minimum atomic E-state index is -0.370. The number of anilines is 1. The van der Waals surface area contributed by atoms with Gasteiger partial charge in [-0.25, -0.2) is 4.79 Å². The number of nitrogens with two attached hydrogens (primary N) is 1. The summed E-state index contributed by atoms with van der Waals surface area (Å²) in [6.07, 6.45) is 1.48. The lowest BCUT2D eigenvalue weighted by Crippen LogP contribution is -2.36. The molecule has 0 aliphatic heterocycles. The maximum absolute atomic E-state index is 11.9. The molecule has 17 heavy (non-hydrogen) atoms. The van der Waals surface area contributed by atoms with Crippen LogP contribution in [0, 0.1) is 6.92 Å². The number of hydrogen-bond acceptors (Lipinski definition) is 3. The highest BCUT2D eigenvalue weighted by Crippen LogP contribution is 2.14. The van der Waals surface area contributed by atoms with E-state index >= 15 is 0 Å². The first kappa shape index (κ1) is 11.2. The van der Waals surface area contributed by atoms with Crippen molar-refractivity contribution in [1.29, 1.82) is 0 Å². The van der Waals surface area contributed by atoms with E-state index in [0.29, 0.717) is 5.69 Å². The van der Waals surface area contributed by atoms with Crippen LogP contribution in [-0.4, -0.2) is 9.13 Å². The number of nitrogen functional groups attached to an aromatic ring is 1. The first-order valence-electron chi connectivity index (χ1n) is 5.16. The van der Waals surface area contributed by atoms with Crippen LogP contribution in [0.1, 0.15) is 5.56 Å². The summed E-state index contributed by atoms with van der Waals surface area (Å²) in [7, 11) is 1.45. The van der Waals surface area contributed by atoms with Crippen LogP contribution < -0.4 is 17.0 Å². The van der Waals surface area contributed by atoms with E-state index in [2.05, 4.69) is 0 Å². The molecule has 2 aromatic rings. The average molecular weight is 231 g/mol. The van der Waals surface area contributed by atoms with Gasteiger partial charge < -0.3 is 5.73 Å². The zero-order chi connectivity index (χ0) is 12.6. The van der Waals surface area contributed by atoms with Crippen molar-refractivity contribution in [3.8, 4) is 5.69 Å². The summed E-state index contributed by atoms with van der Waals surface area (Å²) in [6.45, 7) is 1.86. The summed E-state index contributed by atoms with van der Waals surface area (Å²) >= 11 is 0. The Morgan fingerprint density at radius 3 is 2.53 bits per heavy atom. The van der Waals surface area contributed by atoms with E-state index in [0.717, 1.165) is 15.8 Å². The van der Waals surface area contributed by atoms with Gasteiger partial charge in [-0.2, -0.15) is 0 Å². The van der Waals surface area contributed by atoms with Gasteiger partial charge in [-0.3, -0.25) is 13.9 Å². The summed E-state index contributed by atoms with van der Waals surface area (Å²) in [5.74, 6) is 0. The minimum Gasteiger partial charge on any atom is -0.399 e. The van der Waals surface area contributed by atoms with Crippen molar-refractivity contribution < 1.29 is 0 Å². The fourth-order valence-electron chi connectivity index (χ4n) is 1.70. The van der Waals surface area contributed by atoms with Gasteiger partial charge in [-0.15, -0.1) is 0 Å². The maximum atomic E-state index is 11.9. The van der Waals surface area contributed by atoms with Crippen LogP contribution in [0.15, 0.2) is 40.1 Å². The molecule has 2 rings (SSSR count). The Morgan fingerprint density at radius 1 is 1.18 bits per heavy atom. The Bertz CT molecular complexity index is 683. The second-order valence-electron chi connectivity index (χ2n) is 3.91. The van der Waals surface area contributed by atoms with Crippen molar-refractivity contribution in [3.63, 3.8) is 0 Å². The van der Waals surface area contributed by atoms with Crippen molar-refractivity contribution >= 4 is 5.69 Å². The number of benzene rings is 1. The highest BCUT2D eigenvalue weighted by Gasteiger charge is 2.06. The molecule has 0 amide bonds. The predicted octanol–water partition coefficient (Wildman–Crippen LogP) is 0.427. The molecule has 0 radical (unpaired) electrons. The van der Waals surface area contributed by atoms with Crippen molar-refractivity contribution in [2.45, 2.75) is 6.92 Å². The molecule has 0 saturated heterocycles. The lowest BCUT2D eigenvalue weighted by Gasteiger charge is -2.10. The molecule has 0 bridgehead atoms. The van der Waals surface area contributed by atoms with Crippen LogP contribution in [0.4, 0.5) is 5.69 Å². The molecule has 5 heteroatoms. The molecule has 1 aromatic heterocycles. The predicted molar refractivity (Wildman–Crippen MR) is 66.4 cm³/mol. The van der Waals surface area contributed by atoms with Gasteiger partial charge in [0.25, 0.3) is 5.56 Å². The molecule has 0 saturated carbocycles. The minimum absolute atomic E-state index is 0.320. The number of rotatable bonds is 1. The lowest BCUT2D eigenvalue weighted by molar-refractivity contribution is 0.727. The molecular formula is C12H13N3O2. The molecule has 0 spiro atoms. The monoisotopic (exact) mass is 231 g/mol. The normalized spacial score (nSPS) is 10.5. The molecule has 0 unspecified atom stereocenters. The van der Waals surface area contributed by atoms with Gasteiger partial charge in [0, 0.05) is 25.0 Å². The fraction of sp³-hybridized carbons (Fsp3) is 0.167. The standard InChI is InChI=1S/C12H13N3O2/c1-8-7-9(13)3-4-10(8)15-6-5-11(16)14(2)12(15)17/h3-7H,13H2,1-2H3. The van der Waals surface area contributed by atoms with Crippen LogP contribution in [0.2, 0.25) is 0 Å². The topological polar surface area (TPSA) is 70.0 Å². The van der Waals surface area contributed by atoms with Crippen molar-refractivity contribution in [3.05, 3.63) is 56.9 Å². The molecule has 0 fully saturated rings. The highest BCUT2D eigenvalue weighted by molar-refractivity contribution is 5.50. The van der Waals surface area contributed by atoms with E-state index in [-0.39, 0.29) is 11.2 Å². The van der Waals surface area contributed by atoms with Crippen molar-refractivity contribution in [2.24, 2.45) is 7.05 Å². The lowest BCUT2D eigenvalue weighted by atomic mass is 10.2. The van der Waals surface area contributed by atoms with Gasteiger partial charge >= 0.3 is 5.69 Å². The number of nitrogens with zero attached hydrogens (tertiary/aromatic N) is 2. The Balaban J connectivity index is 2.74. The quantitative estimate of drug-likeness (QED) is 0.723. The summed E-state index contributed by atoms with van der Waals surface area (Å²) < 4.78 is 2.49. The third kappa shape index (κ3) is 1.87. The Hall–Kier alpha value is -2.30. The van der Waals surface area contributed by atoms with Crippen LogP contribution in [0.25, 0.3) is 5.69 Å². The summed E-state index contributed by atoms with van der Waals surface area (Å²) in [4.78, 5) is 23.2. The van der Waals surface area contributed by atoms with Gasteiger partial charge in [-0.1, -0.05) is 0 Å². The fourth-order valence-corrected chi connectivity index (χ4v) is 1.70. The van der Waals surface area contributed by atoms with Gasteiger partial charge in [0.1, 0.15) is 0 Å². The van der Waals surface area contributed by atoms with E-state index in [1.54, 1.807) is 18.2 Å². The van der Waals surface area contributed by atoms with Crippen molar-refractivity contribution in [2.75, 3.05) is 5.73 Å². The first-order chi connectivity index (χ1) is 8.00. The largest absolute Gasteiger partial charge is 0.399 e. The molecule has 88 valence electrons. The summed E-state index contributed by atoms with van der Waals surface area (Å²) in [6, 6.07) is 6.63. The second-order valence-corrected chi connectivity index (χ2v) is 3.91. The highest BCUT2D eigenvalue weighted by atomic mass is 16.2. The van der Waals surface area contributed by atoms with E-state index in [9.17, 15) is 9.59 Å². The Labute approximate surface area is 97.7 Å². The summed E-state index contributed by atoms with van der Waals surface area (Å²) in [5.41, 5.74) is 7.21. The van der Waals surface area contributed by atoms with Gasteiger partial charge in [0.2, 0.25) is 0 Å². The van der Waals surface area contributed by atoms with E-state index in [1.807, 2.05) is 6.92 Å². The SMILES string of the molecule is Cc1cc(N)ccc1-n1ccc(=O)n(C)c1=O. The van der Waals surface area contributed by atoms with E-state index in [1.165, 1.54) is 23.9 Å². The number of aryl methyl sites for hydroxylation is 1. The van der Waals surface area contributed by atoms with Gasteiger partial charge in [0.15, 0.2) is 0 Å². The summed E-state index contributed by atoms with van der Waals surface area (Å²) in [5, 5.41) is 0. The zero-order valence-corrected chi connectivity index (χ0v) is 9.68. The number of hydrogen-bond donors (Lipinski definition) is 1. The molecule has 2 N–H and O–H groups in total. The average Bonchev–Trinajstić information content (AvgIpc) is 2.28. The third-order valence-corrected chi connectivity index (χ3v) is 2.67. The Morgan fingerprint density at radius 2 is 1.88 bits per heavy atom. The maximum Gasteiger partial charge on any atom is 0.335 e. The molecular weight excluding hydrogens is 218 g/mol. The molecule has 1 heterocycles. The Kier molecular flexibility index (Phi) is 2.59. The molecule has 1 aromatic carbocycles. The second kappa shape index (κ2) is 3.93. The smallest absolute Gasteiger partial charge is 0.335 e. The van der Waals surface area contributed by atoms with Crippen LogP contribution in [0.3, 0.4) is 0 Å². The van der Waals surface area contributed by atoms with Gasteiger partial charge in [0.05, 0.1) is 5.69 Å². The van der Waals surface area contributed by atoms with Crippen LogP contribution in [-0.2, 0) is 7.05 Å². The molecule has 0 atom stereocenters. The van der Waals surface area contributed by atoms with Crippen LogP contribution in [0.5, 0.6) is 0 Å². The van der Waals surface area contributed by atoms with Crippen LogP contribution >= 0.6 is 0 Å². The van der Waals surface area contributed by atoms with Gasteiger partial charge in [-0.05, 0) is 30.7 Å². The van der Waals surface area contributed by atoms with E-state index < -0.39 is 0 Å². The number of aromatic nitrogens is 2. The zero-order valence-electron chi connectivity index (χ0n) is 9.68. The first-order valence-corrected chi connectivity index (χ1v) is 5.16. The third-order valence-electron chi connectivity index (χ3n) is 2.67. The van der Waals surface area contributed by atoms with E-state index in [4.69, 9.17) is 5.73 Å². The molecule has 5 nitrogen and oxygen atoms in total. The molecule has 0 aliphatic rings. The van der Waals surface area contributed by atoms with Crippen molar-refractivity contribution in [1.82, 2.24) is 9.13 Å². The molecule has 0 aliphatic carbocycles.